The topological polar surface area (TPSA) is 35.0 Å². The molecule has 0 aromatic carbocycles. The monoisotopic (exact) mass is 134 g/mol. The van der Waals surface area contributed by atoms with Gasteiger partial charge in [0.1, 0.15) is 0 Å². The summed E-state index contributed by atoms with van der Waals surface area (Å²) in [6, 6.07) is 0. The molecule has 3 nitrogen and oxygen atoms in total. The van der Waals surface area contributed by atoms with Crippen molar-refractivity contribution in [3.05, 3.63) is 18.1 Å². The van der Waals surface area contributed by atoms with E-state index in [9.17, 15) is 0 Å². The van der Waals surface area contributed by atoms with Gasteiger partial charge in [-0.1, -0.05) is 0 Å². The summed E-state index contributed by atoms with van der Waals surface area (Å²) >= 11 is 0. The van der Waals surface area contributed by atoms with E-state index in [1.165, 1.54) is 19.5 Å². The minimum Gasteiger partial charge on any atom is -0.479 e. The minimum atomic E-state index is 0.394. The van der Waals surface area contributed by atoms with E-state index in [1.54, 1.807) is 0 Å². The Hall–Kier alpha value is -1.56. The van der Waals surface area contributed by atoms with Crippen molar-refractivity contribution < 1.29 is 4.74 Å². The molecule has 1 heterocycles. The van der Waals surface area contributed by atoms with Gasteiger partial charge in [0, 0.05) is 12.4 Å². The fourth-order valence-electron chi connectivity index (χ4n) is 0.574. The highest BCUT2D eigenvalue weighted by molar-refractivity contribution is 5.32. The average Bonchev–Trinajstić information content (AvgIpc) is 2.04. The Morgan fingerprint density at radius 3 is 2.70 bits per heavy atom. The molecule has 0 aliphatic heterocycles. The first-order valence-corrected chi connectivity index (χ1v) is 2.70. The van der Waals surface area contributed by atoms with E-state index in [2.05, 4.69) is 15.9 Å². The lowest BCUT2D eigenvalue weighted by atomic mass is 10.4. The fourth-order valence-corrected chi connectivity index (χ4v) is 0.574. The van der Waals surface area contributed by atoms with Gasteiger partial charge >= 0.3 is 0 Å². The van der Waals surface area contributed by atoms with E-state index in [4.69, 9.17) is 11.2 Å². The molecule has 50 valence electrons. The molecule has 1 rings (SSSR count). The maximum Gasteiger partial charge on any atom is 0.248 e. The van der Waals surface area contributed by atoms with Crippen LogP contribution in [-0.2, 0) is 0 Å². The molecule has 0 spiro atoms. The fraction of sp³-hybridized carbons (Fsp3) is 0.143. The van der Waals surface area contributed by atoms with Gasteiger partial charge in [-0.25, -0.2) is 9.97 Å². The van der Waals surface area contributed by atoms with Crippen LogP contribution in [0.5, 0.6) is 5.88 Å². The lowest BCUT2D eigenvalue weighted by Crippen LogP contribution is -1.92. The molecule has 0 amide bonds. The first-order valence-electron chi connectivity index (χ1n) is 2.70. The Bertz CT molecular complexity index is 265. The number of aromatic nitrogens is 2. The maximum absolute atomic E-state index is 5.09. The number of nitrogens with zero attached hydrogens (tertiary/aromatic N) is 2. The Kier molecular flexibility index (Phi) is 1.86. The molecule has 0 saturated carbocycles. The molecule has 0 fully saturated rings. The van der Waals surface area contributed by atoms with Crippen LogP contribution in [0.3, 0.4) is 0 Å². The zero-order valence-electron chi connectivity index (χ0n) is 5.53. The van der Waals surface area contributed by atoms with Crippen LogP contribution in [0.1, 0.15) is 5.69 Å². The Labute approximate surface area is 59.1 Å². The second-order valence-electron chi connectivity index (χ2n) is 1.56. The lowest BCUT2D eigenvalue weighted by Gasteiger charge is -1.97. The van der Waals surface area contributed by atoms with Crippen LogP contribution in [0.2, 0.25) is 0 Å². The molecule has 0 unspecified atom stereocenters. The molecular formula is C7H6N2O. The summed E-state index contributed by atoms with van der Waals surface area (Å²) in [4.78, 5) is 7.69. The standard InChI is InChI=1S/C7H6N2O/c1-3-6-7(10-2)9-5-4-8-6/h1,4-5H,2H3. The van der Waals surface area contributed by atoms with E-state index in [-0.39, 0.29) is 0 Å². The first kappa shape index (κ1) is 6.56. The van der Waals surface area contributed by atoms with Crippen molar-refractivity contribution in [3.63, 3.8) is 0 Å². The number of methoxy groups -OCH3 is 1. The number of rotatable bonds is 1. The average molecular weight is 134 g/mol. The number of ether oxygens (including phenoxy) is 1. The highest BCUT2D eigenvalue weighted by atomic mass is 16.5. The summed E-state index contributed by atoms with van der Waals surface area (Å²) in [5.41, 5.74) is 0.435. The Balaban J connectivity index is 3.12. The zero-order valence-corrected chi connectivity index (χ0v) is 5.53. The van der Waals surface area contributed by atoms with Crippen LogP contribution in [-0.4, -0.2) is 17.1 Å². The largest absolute Gasteiger partial charge is 0.479 e. The smallest absolute Gasteiger partial charge is 0.248 e. The molecular weight excluding hydrogens is 128 g/mol. The minimum absolute atomic E-state index is 0.394. The van der Waals surface area contributed by atoms with Crippen molar-refractivity contribution in [1.82, 2.24) is 9.97 Å². The van der Waals surface area contributed by atoms with Crippen molar-refractivity contribution in [3.8, 4) is 18.2 Å². The Morgan fingerprint density at radius 1 is 1.50 bits per heavy atom. The lowest BCUT2D eigenvalue weighted by molar-refractivity contribution is 0.394. The third-order valence-electron chi connectivity index (χ3n) is 0.995. The highest BCUT2D eigenvalue weighted by Crippen LogP contribution is 2.07. The molecule has 3 heteroatoms. The summed E-state index contributed by atoms with van der Waals surface area (Å²) in [6.45, 7) is 0. The third kappa shape index (κ3) is 1.06. The summed E-state index contributed by atoms with van der Waals surface area (Å²) in [7, 11) is 1.50. The summed E-state index contributed by atoms with van der Waals surface area (Å²) in [5.74, 6) is 2.74. The predicted octanol–water partition coefficient (Wildman–Crippen LogP) is 0.466. The van der Waals surface area contributed by atoms with Gasteiger partial charge in [-0.3, -0.25) is 0 Å². The van der Waals surface area contributed by atoms with Gasteiger partial charge in [-0.2, -0.15) is 0 Å². The van der Waals surface area contributed by atoms with Gasteiger partial charge in [0.05, 0.1) is 7.11 Å². The number of hydrogen-bond acceptors (Lipinski definition) is 3. The maximum atomic E-state index is 5.09. The second kappa shape index (κ2) is 2.83. The van der Waals surface area contributed by atoms with Gasteiger partial charge in [0.15, 0.2) is 5.69 Å². The van der Waals surface area contributed by atoms with Crippen molar-refractivity contribution in [1.29, 1.82) is 0 Å². The molecule has 0 bridgehead atoms. The van der Waals surface area contributed by atoms with E-state index in [0.717, 1.165) is 0 Å². The second-order valence-corrected chi connectivity index (χ2v) is 1.56. The van der Waals surface area contributed by atoms with Crippen LogP contribution in [0, 0.1) is 12.3 Å². The normalized spacial score (nSPS) is 8.40. The molecule has 0 atom stereocenters. The van der Waals surface area contributed by atoms with Gasteiger partial charge < -0.3 is 4.74 Å². The van der Waals surface area contributed by atoms with Crippen LogP contribution < -0.4 is 4.74 Å². The van der Waals surface area contributed by atoms with E-state index in [1.807, 2.05) is 0 Å². The molecule has 1 aromatic rings. The predicted molar refractivity (Wildman–Crippen MR) is 36.5 cm³/mol. The summed E-state index contributed by atoms with van der Waals surface area (Å²) in [6.07, 6.45) is 8.15. The molecule has 0 saturated heterocycles. The van der Waals surface area contributed by atoms with Gasteiger partial charge in [0.2, 0.25) is 5.88 Å². The van der Waals surface area contributed by atoms with Gasteiger partial charge in [-0.15, -0.1) is 6.42 Å². The van der Waals surface area contributed by atoms with Crippen LogP contribution in [0.25, 0.3) is 0 Å². The molecule has 0 N–H and O–H groups in total. The molecule has 0 aliphatic carbocycles. The van der Waals surface area contributed by atoms with Gasteiger partial charge in [0.25, 0.3) is 0 Å². The Morgan fingerprint density at radius 2 is 2.20 bits per heavy atom. The third-order valence-corrected chi connectivity index (χ3v) is 0.995. The summed E-state index contributed by atoms with van der Waals surface area (Å²) < 4.78 is 4.82. The van der Waals surface area contributed by atoms with E-state index < -0.39 is 0 Å². The molecule has 10 heavy (non-hydrogen) atoms. The quantitative estimate of drug-likeness (QED) is 0.523. The van der Waals surface area contributed by atoms with Crippen molar-refractivity contribution >= 4 is 0 Å². The van der Waals surface area contributed by atoms with Crippen LogP contribution in [0.4, 0.5) is 0 Å². The zero-order chi connectivity index (χ0) is 7.40. The van der Waals surface area contributed by atoms with Crippen molar-refractivity contribution in [2.45, 2.75) is 0 Å². The van der Waals surface area contributed by atoms with Gasteiger partial charge in [-0.05, 0) is 5.92 Å². The van der Waals surface area contributed by atoms with Crippen molar-refractivity contribution in [2.75, 3.05) is 7.11 Å². The highest BCUT2D eigenvalue weighted by Gasteiger charge is 1.98. The first-order chi connectivity index (χ1) is 4.88. The van der Waals surface area contributed by atoms with Crippen LogP contribution >= 0.6 is 0 Å². The number of terminal acetylenes is 1. The molecule has 0 aliphatic rings. The van der Waals surface area contributed by atoms with E-state index >= 15 is 0 Å². The SMILES string of the molecule is C#Cc1nccnc1OC. The van der Waals surface area contributed by atoms with E-state index in [0.29, 0.717) is 11.6 Å². The molecule has 1 aromatic heterocycles. The molecule has 0 radical (unpaired) electrons. The van der Waals surface area contributed by atoms with Crippen molar-refractivity contribution in [2.24, 2.45) is 0 Å². The van der Waals surface area contributed by atoms with Crippen LogP contribution in [0.15, 0.2) is 12.4 Å². The number of hydrogen-bond donors (Lipinski definition) is 0. The summed E-state index contributed by atoms with van der Waals surface area (Å²) in [5, 5.41) is 0.